The van der Waals surface area contributed by atoms with Crippen LogP contribution in [0.3, 0.4) is 0 Å². The largest absolute Gasteiger partial charge is 0.457 e. The number of hydrogen-bond donors (Lipinski definition) is 2. The van der Waals surface area contributed by atoms with Gasteiger partial charge in [0.2, 0.25) is 0 Å². The highest BCUT2D eigenvalue weighted by atomic mass is 16.5. The molecule has 38 heavy (non-hydrogen) atoms. The van der Waals surface area contributed by atoms with Crippen LogP contribution in [0.1, 0.15) is 27.0 Å². The van der Waals surface area contributed by atoms with E-state index < -0.39 is 11.9 Å². The number of rotatable bonds is 12. The minimum Gasteiger partial charge on any atom is -0.457 e. The summed E-state index contributed by atoms with van der Waals surface area (Å²) in [5, 5.41) is 4.60. The third kappa shape index (κ3) is 7.21. The van der Waals surface area contributed by atoms with E-state index >= 15 is 0 Å². The molecule has 0 spiro atoms. The Balaban J connectivity index is 1.45. The number of para-hydroxylation sites is 2. The Bertz CT molecular complexity index is 1370. The van der Waals surface area contributed by atoms with Crippen molar-refractivity contribution >= 4 is 17.4 Å². The zero-order chi connectivity index (χ0) is 26.7. The molecule has 4 rings (SSSR count). The molecule has 7 heteroatoms. The molecule has 0 fully saturated rings. The van der Waals surface area contributed by atoms with Gasteiger partial charge in [0.15, 0.2) is 5.78 Å². The molecule has 0 aliphatic heterocycles. The normalized spacial score (nSPS) is 11.4. The summed E-state index contributed by atoms with van der Waals surface area (Å²) >= 11 is 0. The summed E-state index contributed by atoms with van der Waals surface area (Å²) in [7, 11) is 0. The van der Waals surface area contributed by atoms with Gasteiger partial charge in [0, 0.05) is 22.1 Å². The fraction of sp³-hybridized carbons (Fsp3) is 0.161. The van der Waals surface area contributed by atoms with Crippen molar-refractivity contribution in [3.05, 3.63) is 130 Å². The number of nitroso groups, excluding NO2 is 1. The molecule has 2 N–H and O–H groups in total. The molecule has 0 aromatic heterocycles. The number of hydrogen-bond acceptors (Lipinski definition) is 5. The molecule has 1 atom stereocenters. The van der Waals surface area contributed by atoms with E-state index in [9.17, 15) is 14.5 Å². The van der Waals surface area contributed by atoms with Crippen LogP contribution in [0.15, 0.2) is 103 Å². The van der Waals surface area contributed by atoms with Crippen molar-refractivity contribution < 1.29 is 24.2 Å². The van der Waals surface area contributed by atoms with E-state index in [1.54, 1.807) is 37.3 Å². The lowest BCUT2D eigenvalue weighted by Crippen LogP contribution is -2.58. The third-order valence-electron chi connectivity index (χ3n) is 5.99. The van der Waals surface area contributed by atoms with Crippen molar-refractivity contribution in [2.75, 3.05) is 6.61 Å². The van der Waals surface area contributed by atoms with Gasteiger partial charge in [-0.05, 0) is 48.4 Å². The quantitative estimate of drug-likeness (QED) is 0.295. The summed E-state index contributed by atoms with van der Waals surface area (Å²) in [6.07, 6.45) is 0.0890. The predicted octanol–water partition coefficient (Wildman–Crippen LogP) is 4.39. The fourth-order valence-corrected chi connectivity index (χ4v) is 3.94. The SMILES string of the molecule is Cc1cccc(C(=O)NC(COCc2ccccc2)C(=O)Cc2ccc(Oc3ccccc3)cc2)c1[NH+]=O. The third-order valence-corrected chi connectivity index (χ3v) is 5.99. The number of carbonyl (C=O) groups is 2. The molecule has 0 aliphatic rings. The Morgan fingerprint density at radius 1 is 0.789 bits per heavy atom. The molecule has 0 saturated heterocycles. The summed E-state index contributed by atoms with van der Waals surface area (Å²) in [5.74, 6) is 0.631. The molecule has 192 valence electrons. The van der Waals surface area contributed by atoms with E-state index in [-0.39, 0.29) is 30.1 Å². The predicted molar refractivity (Wildman–Crippen MR) is 144 cm³/mol. The second-order valence-electron chi connectivity index (χ2n) is 8.83. The number of ketones is 1. The van der Waals surface area contributed by atoms with E-state index in [4.69, 9.17) is 9.47 Å². The van der Waals surface area contributed by atoms with Crippen LogP contribution < -0.4 is 15.2 Å². The van der Waals surface area contributed by atoms with Crippen molar-refractivity contribution in [1.29, 1.82) is 0 Å². The maximum atomic E-state index is 13.3. The molecule has 1 amide bonds. The van der Waals surface area contributed by atoms with Gasteiger partial charge in [0.25, 0.3) is 11.6 Å². The minimum absolute atomic E-state index is 0.0133. The lowest BCUT2D eigenvalue weighted by Gasteiger charge is -2.18. The van der Waals surface area contributed by atoms with Crippen molar-refractivity contribution in [3.8, 4) is 11.5 Å². The van der Waals surface area contributed by atoms with Gasteiger partial charge in [-0.25, -0.2) is 0 Å². The average Bonchev–Trinajstić information content (AvgIpc) is 2.94. The second-order valence-corrected chi connectivity index (χ2v) is 8.83. The highest BCUT2D eigenvalue weighted by Crippen LogP contribution is 2.21. The van der Waals surface area contributed by atoms with Crippen LogP contribution in [0.4, 0.5) is 5.69 Å². The molecule has 4 aromatic carbocycles. The van der Waals surface area contributed by atoms with E-state index in [1.165, 1.54) is 0 Å². The standard InChI is InChI=1S/C31H28N2O5/c1-22-9-8-14-27(30(22)33-36)31(35)32-28(21-37-20-24-10-4-2-5-11-24)29(34)19-23-15-17-26(18-16-23)38-25-12-6-3-7-13-25/h2-18,28H,19-21H2,1H3,(H,32,35)/p+1. The van der Waals surface area contributed by atoms with Crippen molar-refractivity contribution in [2.24, 2.45) is 0 Å². The zero-order valence-electron chi connectivity index (χ0n) is 21.1. The highest BCUT2D eigenvalue weighted by Gasteiger charge is 2.25. The summed E-state index contributed by atoms with van der Waals surface area (Å²) in [5.41, 5.74) is 2.71. The Morgan fingerprint density at radius 2 is 1.45 bits per heavy atom. The molecule has 0 heterocycles. The van der Waals surface area contributed by atoms with Gasteiger partial charge in [0.1, 0.15) is 23.1 Å². The zero-order valence-corrected chi connectivity index (χ0v) is 21.1. The minimum atomic E-state index is -0.911. The van der Waals surface area contributed by atoms with Crippen LogP contribution in [0.5, 0.6) is 11.5 Å². The van der Waals surface area contributed by atoms with Gasteiger partial charge in [-0.1, -0.05) is 72.8 Å². The Kier molecular flexibility index (Phi) is 9.10. The summed E-state index contributed by atoms with van der Waals surface area (Å²) in [6.45, 7) is 2.01. The van der Waals surface area contributed by atoms with Crippen LogP contribution in [-0.2, 0) is 22.6 Å². The summed E-state index contributed by atoms with van der Waals surface area (Å²) in [4.78, 5) is 37.9. The van der Waals surface area contributed by atoms with Gasteiger partial charge in [-0.15, -0.1) is 0 Å². The molecule has 0 aliphatic carbocycles. The molecule has 0 bridgehead atoms. The smallest absolute Gasteiger partial charge is 0.268 e. The van der Waals surface area contributed by atoms with Crippen LogP contribution in [0.25, 0.3) is 0 Å². The van der Waals surface area contributed by atoms with Crippen LogP contribution in [0.2, 0.25) is 0 Å². The van der Waals surface area contributed by atoms with Crippen molar-refractivity contribution in [1.82, 2.24) is 5.32 Å². The first-order valence-electron chi connectivity index (χ1n) is 12.3. The number of amides is 1. The lowest BCUT2D eigenvalue weighted by atomic mass is 10.0. The lowest BCUT2D eigenvalue weighted by molar-refractivity contribution is -0.380. The highest BCUT2D eigenvalue weighted by molar-refractivity contribution is 6.01. The topological polar surface area (TPSA) is 95.7 Å². The van der Waals surface area contributed by atoms with Gasteiger partial charge >= 0.3 is 0 Å². The van der Waals surface area contributed by atoms with Gasteiger partial charge in [-0.2, -0.15) is 0 Å². The number of ether oxygens (including phenoxy) is 2. The number of benzene rings is 4. The number of Topliss-reactive ketones (excluding diaryl/α,β-unsaturated/α-hetero) is 1. The Hall–Kier alpha value is -4.62. The molecule has 0 radical (unpaired) electrons. The fourth-order valence-electron chi connectivity index (χ4n) is 3.94. The molecular weight excluding hydrogens is 480 g/mol. The van der Waals surface area contributed by atoms with Gasteiger partial charge < -0.3 is 14.8 Å². The van der Waals surface area contributed by atoms with Crippen molar-refractivity contribution in [2.45, 2.75) is 26.0 Å². The van der Waals surface area contributed by atoms with Crippen LogP contribution in [-0.4, -0.2) is 24.3 Å². The number of aryl methyl sites for hydroxylation is 1. The number of carbonyl (C=O) groups excluding carboxylic acids is 2. The van der Waals surface area contributed by atoms with Gasteiger partial charge in [0.05, 0.1) is 13.2 Å². The van der Waals surface area contributed by atoms with Crippen molar-refractivity contribution in [3.63, 3.8) is 0 Å². The van der Waals surface area contributed by atoms with E-state index in [0.29, 0.717) is 17.9 Å². The van der Waals surface area contributed by atoms with Gasteiger partial charge in [-0.3, -0.25) is 9.59 Å². The second kappa shape index (κ2) is 13.1. The molecular formula is C31H29N2O5+. The Morgan fingerprint density at radius 3 is 2.13 bits per heavy atom. The van der Waals surface area contributed by atoms with Crippen LogP contribution >= 0.6 is 0 Å². The maximum absolute atomic E-state index is 13.3. The maximum Gasteiger partial charge on any atom is 0.268 e. The van der Waals surface area contributed by atoms with Crippen LogP contribution in [0, 0.1) is 11.8 Å². The van der Waals surface area contributed by atoms with E-state index in [0.717, 1.165) is 16.9 Å². The average molecular weight is 510 g/mol. The Labute approximate surface area is 221 Å². The first-order valence-corrected chi connectivity index (χ1v) is 12.3. The first-order chi connectivity index (χ1) is 18.5. The molecule has 7 nitrogen and oxygen atoms in total. The van der Waals surface area contributed by atoms with E-state index in [2.05, 4.69) is 5.32 Å². The number of nitrogens with one attached hydrogen (secondary N) is 2. The monoisotopic (exact) mass is 509 g/mol. The summed E-state index contributed by atoms with van der Waals surface area (Å²) < 4.78 is 11.6. The van der Waals surface area contributed by atoms with E-state index in [1.807, 2.05) is 78.0 Å². The summed E-state index contributed by atoms with van der Waals surface area (Å²) in [6, 6.07) is 30.3. The first kappa shape index (κ1) is 26.4. The molecule has 1 unspecified atom stereocenters. The molecule has 0 saturated carbocycles. The molecule has 4 aromatic rings.